The number of hydrogen-bond acceptors (Lipinski definition) is 7. The minimum atomic E-state index is -4.72. The molecule has 3 unspecified atom stereocenters. The maximum absolute atomic E-state index is 11.6. The van der Waals surface area contributed by atoms with Gasteiger partial charge in [0.2, 0.25) is 0 Å². The lowest BCUT2D eigenvalue weighted by atomic mass is 10.2. The Morgan fingerprint density at radius 3 is 2.85 bits per heavy atom. The quantitative estimate of drug-likeness (QED) is 0.490. The first-order valence-electron chi connectivity index (χ1n) is 5.65. The molecule has 10 nitrogen and oxygen atoms in total. The van der Waals surface area contributed by atoms with Crippen LogP contribution in [0.3, 0.4) is 0 Å². The van der Waals surface area contributed by atoms with Crippen molar-refractivity contribution in [2.45, 2.75) is 24.9 Å². The van der Waals surface area contributed by atoms with E-state index in [0.29, 0.717) is 0 Å². The summed E-state index contributed by atoms with van der Waals surface area (Å²) in [6.07, 6.45) is -1.48. The van der Waals surface area contributed by atoms with Gasteiger partial charge in [-0.05, 0) is 6.07 Å². The van der Waals surface area contributed by atoms with Crippen molar-refractivity contribution in [1.29, 1.82) is 0 Å². The number of nitrogens with two attached hydrogens (primary N) is 1. The molecule has 0 saturated carbocycles. The number of nitrogen functional groups attached to an aromatic ring is 1. The van der Waals surface area contributed by atoms with Crippen LogP contribution >= 0.6 is 7.82 Å². The number of aliphatic hydroxyl groups excluding tert-OH is 1. The van der Waals surface area contributed by atoms with Crippen molar-refractivity contribution in [2.24, 2.45) is 0 Å². The normalized spacial score (nSPS) is 26.9. The van der Waals surface area contributed by atoms with E-state index in [4.69, 9.17) is 25.4 Å². The van der Waals surface area contributed by atoms with Crippen LogP contribution in [0, 0.1) is 0 Å². The number of aliphatic hydroxyl groups is 1. The van der Waals surface area contributed by atoms with Crippen molar-refractivity contribution < 1.29 is 28.7 Å². The van der Waals surface area contributed by atoms with Crippen molar-refractivity contribution >= 4 is 13.6 Å². The molecule has 5 N–H and O–H groups in total. The van der Waals surface area contributed by atoms with E-state index in [9.17, 15) is 9.36 Å². The molecule has 0 bridgehead atoms. The van der Waals surface area contributed by atoms with Crippen molar-refractivity contribution in [3.8, 4) is 0 Å². The van der Waals surface area contributed by atoms with Crippen molar-refractivity contribution in [3.63, 3.8) is 0 Å². The summed E-state index contributed by atoms with van der Waals surface area (Å²) in [5.41, 5.74) is 4.69. The molecule has 0 aromatic carbocycles. The zero-order valence-corrected chi connectivity index (χ0v) is 11.1. The maximum atomic E-state index is 11.6. The molecule has 0 aliphatic carbocycles. The Hall–Kier alpha value is -1.29. The van der Waals surface area contributed by atoms with Gasteiger partial charge in [0.15, 0.2) is 0 Å². The van der Waals surface area contributed by atoms with Crippen molar-refractivity contribution in [2.75, 3.05) is 12.3 Å². The summed E-state index contributed by atoms with van der Waals surface area (Å²) in [4.78, 5) is 32.8. The number of phosphoric ester groups is 1. The lowest BCUT2D eigenvalue weighted by Gasteiger charge is -2.16. The largest absolute Gasteiger partial charge is 0.469 e. The fourth-order valence-electron chi connectivity index (χ4n) is 1.97. The molecule has 1 fully saturated rings. The third kappa shape index (κ3) is 3.42. The monoisotopic (exact) mass is 307 g/mol. The first-order chi connectivity index (χ1) is 9.30. The number of aromatic nitrogens is 2. The zero-order chi connectivity index (χ0) is 14.9. The zero-order valence-electron chi connectivity index (χ0n) is 10.2. The van der Waals surface area contributed by atoms with Crippen molar-refractivity contribution in [1.82, 2.24) is 9.55 Å². The van der Waals surface area contributed by atoms with E-state index in [1.54, 1.807) is 0 Å². The summed E-state index contributed by atoms with van der Waals surface area (Å²) < 4.78 is 21.8. The van der Waals surface area contributed by atoms with E-state index in [0.717, 1.165) is 4.57 Å². The Morgan fingerprint density at radius 2 is 2.30 bits per heavy atom. The Balaban J connectivity index is 2.20. The molecule has 2 heterocycles. The van der Waals surface area contributed by atoms with Gasteiger partial charge in [-0.25, -0.2) is 9.36 Å². The van der Waals surface area contributed by atoms with Gasteiger partial charge >= 0.3 is 13.5 Å². The summed E-state index contributed by atoms with van der Waals surface area (Å²) in [5.74, 6) is 0.0472. The van der Waals surface area contributed by atoms with Crippen LogP contribution in [0.5, 0.6) is 0 Å². The van der Waals surface area contributed by atoms with Gasteiger partial charge in [0.05, 0.1) is 6.61 Å². The summed E-state index contributed by atoms with van der Waals surface area (Å²) in [5, 5.41) is 9.13. The Bertz CT molecular complexity index is 585. The van der Waals surface area contributed by atoms with Crippen molar-refractivity contribution in [3.05, 3.63) is 22.7 Å². The van der Waals surface area contributed by atoms with Gasteiger partial charge in [-0.1, -0.05) is 0 Å². The van der Waals surface area contributed by atoms with Gasteiger partial charge in [-0.2, -0.15) is 4.98 Å². The molecule has 1 aliphatic rings. The first kappa shape index (κ1) is 15.1. The van der Waals surface area contributed by atoms with E-state index >= 15 is 0 Å². The number of hydrogen-bond donors (Lipinski definition) is 4. The van der Waals surface area contributed by atoms with E-state index in [2.05, 4.69) is 9.51 Å². The molecular weight excluding hydrogens is 293 g/mol. The van der Waals surface area contributed by atoms with Gasteiger partial charge in [-0.15, -0.1) is 0 Å². The number of ether oxygens (including phenoxy) is 1. The van der Waals surface area contributed by atoms with Crippen LogP contribution < -0.4 is 11.4 Å². The second kappa shape index (κ2) is 5.60. The number of nitrogens with zero attached hydrogens (tertiary/aromatic N) is 2. The fourth-order valence-corrected chi connectivity index (χ4v) is 2.54. The van der Waals surface area contributed by atoms with Crippen LogP contribution in [0.15, 0.2) is 17.1 Å². The molecule has 11 heteroatoms. The van der Waals surface area contributed by atoms with E-state index in [-0.39, 0.29) is 12.2 Å². The molecule has 1 saturated heterocycles. The third-order valence-electron chi connectivity index (χ3n) is 2.79. The van der Waals surface area contributed by atoms with Gasteiger partial charge in [0.25, 0.3) is 0 Å². The van der Waals surface area contributed by atoms with Crippen LogP contribution in [0.2, 0.25) is 0 Å². The van der Waals surface area contributed by atoms with Crippen LogP contribution in [-0.2, 0) is 13.8 Å². The van der Waals surface area contributed by atoms with Crippen LogP contribution in [0.25, 0.3) is 0 Å². The smallest absolute Gasteiger partial charge is 0.394 e. The van der Waals surface area contributed by atoms with Gasteiger partial charge < -0.3 is 25.4 Å². The summed E-state index contributed by atoms with van der Waals surface area (Å²) in [7, 11) is -4.72. The second-order valence-electron chi connectivity index (χ2n) is 4.22. The minimum absolute atomic E-state index is 0.0121. The molecule has 1 aromatic heterocycles. The lowest BCUT2D eigenvalue weighted by Crippen LogP contribution is -2.28. The summed E-state index contributed by atoms with van der Waals surface area (Å²) >= 11 is 0. The molecule has 3 atom stereocenters. The van der Waals surface area contributed by atoms with E-state index < -0.39 is 38.6 Å². The van der Waals surface area contributed by atoms with Gasteiger partial charge in [0.1, 0.15) is 24.3 Å². The number of anilines is 1. The highest BCUT2D eigenvalue weighted by Crippen LogP contribution is 2.43. The highest BCUT2D eigenvalue weighted by Gasteiger charge is 2.40. The first-order valence-corrected chi connectivity index (χ1v) is 7.18. The molecule has 112 valence electrons. The Labute approximate surface area is 113 Å². The average Bonchev–Trinajstić information content (AvgIpc) is 2.69. The Kier molecular flexibility index (Phi) is 4.23. The third-order valence-corrected chi connectivity index (χ3v) is 3.34. The molecule has 1 aliphatic heterocycles. The van der Waals surface area contributed by atoms with Crippen LogP contribution in [-0.4, -0.2) is 43.3 Å². The molecule has 0 radical (unpaired) electrons. The summed E-state index contributed by atoms with van der Waals surface area (Å²) in [6, 6.07) is 1.38. The Morgan fingerprint density at radius 1 is 1.60 bits per heavy atom. The number of rotatable bonds is 4. The number of phosphoric acid groups is 1. The average molecular weight is 307 g/mol. The fraction of sp³-hybridized carbons (Fsp3) is 0.556. The maximum Gasteiger partial charge on any atom is 0.469 e. The molecule has 1 aromatic rings. The van der Waals surface area contributed by atoms with Crippen LogP contribution in [0.1, 0.15) is 12.6 Å². The SMILES string of the molecule is Nc1ccn(C2CC(OP(=O)(O)O)C(CO)O2)c(=O)n1. The molecule has 0 amide bonds. The second-order valence-corrected chi connectivity index (χ2v) is 5.42. The van der Waals surface area contributed by atoms with Gasteiger partial charge in [-0.3, -0.25) is 9.09 Å². The summed E-state index contributed by atoms with van der Waals surface area (Å²) in [6.45, 7) is -0.502. The van der Waals surface area contributed by atoms with E-state index in [1.165, 1.54) is 12.3 Å². The standard InChI is InChI=1S/C9H14N3O7P/c10-7-1-2-12(9(14)11-7)8-3-5(6(4-13)18-8)19-20(15,16)17/h1-2,5-6,8,13H,3-4H2,(H2,10,11,14)(H2,15,16,17). The highest BCUT2D eigenvalue weighted by molar-refractivity contribution is 7.46. The molecule has 20 heavy (non-hydrogen) atoms. The highest BCUT2D eigenvalue weighted by atomic mass is 31.2. The van der Waals surface area contributed by atoms with E-state index in [1.807, 2.05) is 0 Å². The molecular formula is C9H14N3O7P. The topological polar surface area (TPSA) is 157 Å². The van der Waals surface area contributed by atoms with Gasteiger partial charge in [0, 0.05) is 12.6 Å². The molecule has 2 rings (SSSR count). The predicted octanol–water partition coefficient (Wildman–Crippen LogP) is -1.42. The lowest BCUT2D eigenvalue weighted by molar-refractivity contribution is -0.0452. The van der Waals surface area contributed by atoms with Crippen LogP contribution in [0.4, 0.5) is 5.82 Å². The molecule has 0 spiro atoms. The minimum Gasteiger partial charge on any atom is -0.394 e. The predicted molar refractivity (Wildman–Crippen MR) is 65.4 cm³/mol.